The topological polar surface area (TPSA) is 87.7 Å². The molecule has 2 aromatic carbocycles. The van der Waals surface area contributed by atoms with Crippen molar-refractivity contribution in [2.45, 2.75) is 37.1 Å². The van der Waals surface area contributed by atoms with E-state index in [1.807, 2.05) is 0 Å². The molecular formula is C20H22F3N3O4S. The SMILES string of the molecule is C[C@@H]1CN(S(=O)(=O)c2ccc(C(=O)NNc3cccc(C(F)(F)F)c3)cc2)C[C@H](C)O1. The lowest BCUT2D eigenvalue weighted by Crippen LogP contribution is -2.48. The number of nitrogens with one attached hydrogen (secondary N) is 2. The number of amides is 1. The molecule has 1 fully saturated rings. The van der Waals surface area contributed by atoms with Gasteiger partial charge in [-0.15, -0.1) is 0 Å². The standard InChI is InChI=1S/C20H22F3N3O4S/c1-13-11-26(12-14(2)30-13)31(28,29)18-8-6-15(7-9-18)19(27)25-24-17-5-3-4-16(10-17)20(21,22)23/h3-10,13-14,24H,11-12H2,1-2H3,(H,25,27)/t13-,14+. The number of carbonyl (C=O) groups is 1. The summed E-state index contributed by atoms with van der Waals surface area (Å²) in [5.41, 5.74) is 4.06. The molecule has 1 aliphatic heterocycles. The molecule has 168 valence electrons. The monoisotopic (exact) mass is 457 g/mol. The van der Waals surface area contributed by atoms with Gasteiger partial charge in [0, 0.05) is 18.7 Å². The largest absolute Gasteiger partial charge is 0.416 e. The van der Waals surface area contributed by atoms with E-state index in [1.165, 1.54) is 40.7 Å². The Kier molecular flexibility index (Phi) is 6.58. The van der Waals surface area contributed by atoms with Gasteiger partial charge in [-0.05, 0) is 56.3 Å². The quantitative estimate of drug-likeness (QED) is 0.673. The van der Waals surface area contributed by atoms with Gasteiger partial charge in [0.2, 0.25) is 10.0 Å². The van der Waals surface area contributed by atoms with Gasteiger partial charge in [-0.1, -0.05) is 6.07 Å². The number of carbonyl (C=O) groups excluding carboxylic acids is 1. The van der Waals surface area contributed by atoms with Gasteiger partial charge in [0.05, 0.1) is 28.4 Å². The predicted octanol–water partition coefficient (Wildman–Crippen LogP) is 3.26. The lowest BCUT2D eigenvalue weighted by atomic mass is 10.2. The van der Waals surface area contributed by atoms with E-state index in [2.05, 4.69) is 10.9 Å². The first-order valence-corrected chi connectivity index (χ1v) is 10.9. The summed E-state index contributed by atoms with van der Waals surface area (Å²) in [4.78, 5) is 12.3. The predicted molar refractivity (Wildman–Crippen MR) is 108 cm³/mol. The number of ether oxygens (including phenoxy) is 1. The molecule has 31 heavy (non-hydrogen) atoms. The highest BCUT2D eigenvalue weighted by Gasteiger charge is 2.32. The van der Waals surface area contributed by atoms with Gasteiger partial charge < -0.3 is 4.74 Å². The van der Waals surface area contributed by atoms with Crippen molar-refractivity contribution in [1.29, 1.82) is 0 Å². The van der Waals surface area contributed by atoms with E-state index in [4.69, 9.17) is 4.74 Å². The summed E-state index contributed by atoms with van der Waals surface area (Å²) in [5, 5.41) is 0. The summed E-state index contributed by atoms with van der Waals surface area (Å²) < 4.78 is 70.9. The number of benzene rings is 2. The van der Waals surface area contributed by atoms with Crippen LogP contribution in [0.25, 0.3) is 0 Å². The van der Waals surface area contributed by atoms with Crippen molar-refractivity contribution < 1.29 is 31.1 Å². The molecule has 2 aromatic rings. The Morgan fingerprint density at radius 2 is 1.68 bits per heavy atom. The molecule has 0 aliphatic carbocycles. The molecule has 0 bridgehead atoms. The number of morpholine rings is 1. The summed E-state index contributed by atoms with van der Waals surface area (Å²) in [7, 11) is -3.74. The maximum atomic E-state index is 12.8. The van der Waals surface area contributed by atoms with E-state index in [0.717, 1.165) is 12.1 Å². The second-order valence-electron chi connectivity index (χ2n) is 7.26. The Hall–Kier alpha value is -2.63. The zero-order valence-corrected chi connectivity index (χ0v) is 17.6. The van der Waals surface area contributed by atoms with Crippen LogP contribution in [0.3, 0.4) is 0 Å². The molecule has 1 saturated heterocycles. The summed E-state index contributed by atoms with van der Waals surface area (Å²) >= 11 is 0. The minimum absolute atomic E-state index is 0.0381. The van der Waals surface area contributed by atoms with Gasteiger partial charge in [-0.3, -0.25) is 15.6 Å². The van der Waals surface area contributed by atoms with Gasteiger partial charge in [0.15, 0.2) is 0 Å². The maximum absolute atomic E-state index is 12.8. The number of sulfonamides is 1. The van der Waals surface area contributed by atoms with Crippen LogP contribution >= 0.6 is 0 Å². The normalized spacial score (nSPS) is 20.3. The van der Waals surface area contributed by atoms with Crippen LogP contribution in [0.5, 0.6) is 0 Å². The fourth-order valence-corrected chi connectivity index (χ4v) is 4.82. The van der Waals surface area contributed by atoms with Crippen molar-refractivity contribution in [1.82, 2.24) is 9.73 Å². The highest BCUT2D eigenvalue weighted by Crippen LogP contribution is 2.30. The molecule has 0 aromatic heterocycles. The smallest absolute Gasteiger partial charge is 0.373 e. The van der Waals surface area contributed by atoms with Gasteiger partial charge in [0.25, 0.3) is 5.91 Å². The highest BCUT2D eigenvalue weighted by molar-refractivity contribution is 7.89. The summed E-state index contributed by atoms with van der Waals surface area (Å²) in [6.45, 7) is 4.05. The molecule has 1 heterocycles. The molecule has 0 unspecified atom stereocenters. The van der Waals surface area contributed by atoms with Crippen molar-refractivity contribution >= 4 is 21.6 Å². The zero-order valence-electron chi connectivity index (χ0n) is 16.8. The maximum Gasteiger partial charge on any atom is 0.416 e. The number of anilines is 1. The minimum Gasteiger partial charge on any atom is -0.373 e. The second-order valence-corrected chi connectivity index (χ2v) is 9.20. The van der Waals surface area contributed by atoms with Crippen LogP contribution in [0.15, 0.2) is 53.4 Å². The van der Waals surface area contributed by atoms with Crippen LogP contribution in [-0.4, -0.2) is 43.9 Å². The summed E-state index contributed by atoms with van der Waals surface area (Å²) in [5.74, 6) is -0.630. The van der Waals surface area contributed by atoms with E-state index in [-0.39, 0.29) is 41.4 Å². The first kappa shape index (κ1) is 23.0. The molecule has 2 atom stereocenters. The van der Waals surface area contributed by atoms with Crippen LogP contribution < -0.4 is 10.9 Å². The molecule has 0 saturated carbocycles. The van der Waals surface area contributed by atoms with Gasteiger partial charge in [0.1, 0.15) is 0 Å². The minimum atomic E-state index is -4.50. The average Bonchev–Trinajstić information content (AvgIpc) is 2.71. The summed E-state index contributed by atoms with van der Waals surface area (Å²) in [6, 6.07) is 9.67. The molecular weight excluding hydrogens is 435 g/mol. The Bertz CT molecular complexity index is 1030. The third-order valence-electron chi connectivity index (χ3n) is 4.65. The van der Waals surface area contributed by atoms with Gasteiger partial charge >= 0.3 is 6.18 Å². The van der Waals surface area contributed by atoms with E-state index < -0.39 is 27.7 Å². The number of hydrazine groups is 1. The first-order valence-electron chi connectivity index (χ1n) is 9.46. The van der Waals surface area contributed by atoms with E-state index >= 15 is 0 Å². The third kappa shape index (κ3) is 5.54. The molecule has 11 heteroatoms. The van der Waals surface area contributed by atoms with Gasteiger partial charge in [-0.2, -0.15) is 17.5 Å². The van der Waals surface area contributed by atoms with Crippen LogP contribution in [0.2, 0.25) is 0 Å². The van der Waals surface area contributed by atoms with Gasteiger partial charge in [-0.25, -0.2) is 8.42 Å². The Morgan fingerprint density at radius 1 is 1.06 bits per heavy atom. The van der Waals surface area contributed by atoms with Crippen LogP contribution in [0, 0.1) is 0 Å². The third-order valence-corrected chi connectivity index (χ3v) is 6.50. The molecule has 7 nitrogen and oxygen atoms in total. The molecule has 2 N–H and O–H groups in total. The molecule has 3 rings (SSSR count). The number of rotatable bonds is 5. The Balaban J connectivity index is 1.66. The van der Waals surface area contributed by atoms with E-state index in [0.29, 0.717) is 0 Å². The first-order chi connectivity index (χ1) is 14.5. The van der Waals surface area contributed by atoms with Crippen molar-refractivity contribution in [2.24, 2.45) is 0 Å². The lowest BCUT2D eigenvalue weighted by molar-refractivity contribution is -0.137. The second kappa shape index (κ2) is 8.85. The Morgan fingerprint density at radius 3 is 2.26 bits per heavy atom. The lowest BCUT2D eigenvalue weighted by Gasteiger charge is -2.34. The van der Waals surface area contributed by atoms with Crippen molar-refractivity contribution in [2.75, 3.05) is 18.5 Å². The highest BCUT2D eigenvalue weighted by atomic mass is 32.2. The molecule has 0 spiro atoms. The fraction of sp³-hybridized carbons (Fsp3) is 0.350. The van der Waals surface area contributed by atoms with Crippen LogP contribution in [-0.2, 0) is 20.9 Å². The number of hydrogen-bond donors (Lipinski definition) is 2. The van der Waals surface area contributed by atoms with Crippen molar-refractivity contribution in [3.63, 3.8) is 0 Å². The van der Waals surface area contributed by atoms with Crippen molar-refractivity contribution in [3.8, 4) is 0 Å². The molecule has 0 radical (unpaired) electrons. The average molecular weight is 457 g/mol. The number of nitrogens with zero attached hydrogens (tertiary/aromatic N) is 1. The van der Waals surface area contributed by atoms with Crippen LogP contribution in [0.4, 0.5) is 18.9 Å². The number of alkyl halides is 3. The zero-order chi connectivity index (χ0) is 22.8. The van der Waals surface area contributed by atoms with E-state index in [9.17, 15) is 26.4 Å². The molecule has 1 amide bonds. The molecule has 1 aliphatic rings. The number of hydrogen-bond acceptors (Lipinski definition) is 5. The number of halogens is 3. The van der Waals surface area contributed by atoms with E-state index in [1.54, 1.807) is 13.8 Å². The summed E-state index contributed by atoms with van der Waals surface area (Å²) in [6.07, 6.45) is -4.96. The fourth-order valence-electron chi connectivity index (χ4n) is 3.23. The van der Waals surface area contributed by atoms with Crippen molar-refractivity contribution in [3.05, 3.63) is 59.7 Å². The Labute approximate surface area is 178 Å². The van der Waals surface area contributed by atoms with Crippen LogP contribution in [0.1, 0.15) is 29.8 Å².